The lowest BCUT2D eigenvalue weighted by atomic mass is 10.1. The van der Waals surface area contributed by atoms with Crippen LogP contribution in [0.15, 0.2) is 18.2 Å². The van der Waals surface area contributed by atoms with Crippen molar-refractivity contribution < 1.29 is 13.9 Å². The molecule has 16 heavy (non-hydrogen) atoms. The number of aromatic nitrogens is 2. The van der Waals surface area contributed by atoms with Crippen molar-refractivity contribution in [3.05, 3.63) is 29.8 Å². The first-order chi connectivity index (χ1) is 7.49. The lowest BCUT2D eigenvalue weighted by Gasteiger charge is -2.02. The molecule has 3 N–H and O–H groups in total. The number of nitrogen functional groups attached to an aromatic ring is 1. The molecule has 4 nitrogen and oxygen atoms in total. The minimum atomic E-state index is -0.879. The van der Waals surface area contributed by atoms with Gasteiger partial charge >= 0.3 is 0 Å². The lowest BCUT2D eigenvalue weighted by Crippen LogP contribution is -1.96. The number of halogens is 2. The average molecular weight is 225 g/mol. The molecule has 0 unspecified atom stereocenters. The van der Waals surface area contributed by atoms with E-state index in [2.05, 4.69) is 5.10 Å². The highest BCUT2D eigenvalue weighted by Crippen LogP contribution is 2.32. The summed E-state index contributed by atoms with van der Waals surface area (Å²) in [6.45, 7) is 0. The van der Waals surface area contributed by atoms with Crippen LogP contribution in [-0.2, 0) is 7.05 Å². The zero-order valence-corrected chi connectivity index (χ0v) is 8.41. The predicted molar refractivity (Wildman–Crippen MR) is 54.6 cm³/mol. The minimum Gasteiger partial charge on any atom is -0.507 e. The highest BCUT2D eigenvalue weighted by Gasteiger charge is 2.16. The summed E-state index contributed by atoms with van der Waals surface area (Å²) in [7, 11) is 1.58. The summed E-state index contributed by atoms with van der Waals surface area (Å²) in [5.74, 6) is -1.91. The number of nitrogens with zero attached hydrogens (tertiary/aromatic N) is 2. The third-order valence-electron chi connectivity index (χ3n) is 2.21. The number of aromatic hydroxyl groups is 1. The Hall–Kier alpha value is -2.11. The van der Waals surface area contributed by atoms with Crippen LogP contribution in [0.3, 0.4) is 0 Å². The number of benzene rings is 1. The molecule has 0 atom stereocenters. The molecular weight excluding hydrogens is 216 g/mol. The standard InChI is InChI=1S/C10H9F2N3O/c1-15-9(13)4-7(14-15)10-6(12)2-5(11)3-8(10)16/h2-4,16H,13H2,1H3. The lowest BCUT2D eigenvalue weighted by molar-refractivity contribution is 0.463. The number of hydrogen-bond acceptors (Lipinski definition) is 3. The molecular formula is C10H9F2N3O. The Labute approximate surface area is 89.9 Å². The zero-order valence-electron chi connectivity index (χ0n) is 8.41. The van der Waals surface area contributed by atoms with Crippen molar-refractivity contribution in [3.8, 4) is 17.0 Å². The smallest absolute Gasteiger partial charge is 0.139 e. The second kappa shape index (κ2) is 3.48. The molecule has 0 bridgehead atoms. The summed E-state index contributed by atoms with van der Waals surface area (Å²) in [5, 5.41) is 13.4. The van der Waals surface area contributed by atoms with Gasteiger partial charge in [0.05, 0.1) is 5.56 Å². The molecule has 1 aromatic carbocycles. The molecule has 84 valence electrons. The van der Waals surface area contributed by atoms with Crippen molar-refractivity contribution in [2.45, 2.75) is 0 Å². The van der Waals surface area contributed by atoms with Gasteiger partial charge in [-0.1, -0.05) is 0 Å². The van der Waals surface area contributed by atoms with Crippen molar-refractivity contribution in [2.24, 2.45) is 7.05 Å². The van der Waals surface area contributed by atoms with Gasteiger partial charge in [-0.2, -0.15) is 5.10 Å². The van der Waals surface area contributed by atoms with Crippen LogP contribution in [-0.4, -0.2) is 14.9 Å². The summed E-state index contributed by atoms with van der Waals surface area (Å²) in [4.78, 5) is 0. The van der Waals surface area contributed by atoms with E-state index in [1.807, 2.05) is 0 Å². The van der Waals surface area contributed by atoms with Crippen LogP contribution in [0.4, 0.5) is 14.6 Å². The summed E-state index contributed by atoms with van der Waals surface area (Å²) in [6.07, 6.45) is 0. The highest BCUT2D eigenvalue weighted by atomic mass is 19.1. The van der Waals surface area contributed by atoms with Crippen molar-refractivity contribution in [1.29, 1.82) is 0 Å². The van der Waals surface area contributed by atoms with Crippen LogP contribution in [0, 0.1) is 11.6 Å². The van der Waals surface area contributed by atoms with E-state index in [9.17, 15) is 13.9 Å². The Kier molecular flexibility index (Phi) is 2.26. The minimum absolute atomic E-state index is 0.159. The normalized spacial score (nSPS) is 10.7. The van der Waals surface area contributed by atoms with Gasteiger partial charge in [0.1, 0.15) is 28.9 Å². The Morgan fingerprint density at radius 3 is 2.50 bits per heavy atom. The van der Waals surface area contributed by atoms with Crippen LogP contribution < -0.4 is 5.73 Å². The molecule has 0 amide bonds. The largest absolute Gasteiger partial charge is 0.507 e. The molecule has 0 spiro atoms. The van der Waals surface area contributed by atoms with E-state index in [0.717, 1.165) is 6.07 Å². The van der Waals surface area contributed by atoms with Crippen LogP contribution in [0.5, 0.6) is 5.75 Å². The van der Waals surface area contributed by atoms with Gasteiger partial charge in [-0.25, -0.2) is 8.78 Å². The van der Waals surface area contributed by atoms with Crippen molar-refractivity contribution >= 4 is 5.82 Å². The van der Waals surface area contributed by atoms with E-state index in [1.54, 1.807) is 7.05 Å². The number of nitrogens with two attached hydrogens (primary N) is 1. The van der Waals surface area contributed by atoms with E-state index in [-0.39, 0.29) is 11.3 Å². The Balaban J connectivity index is 2.64. The van der Waals surface area contributed by atoms with Gasteiger partial charge in [0.25, 0.3) is 0 Å². The monoisotopic (exact) mass is 225 g/mol. The molecule has 0 radical (unpaired) electrons. The molecule has 0 saturated heterocycles. The summed E-state index contributed by atoms with van der Waals surface area (Å²) < 4.78 is 27.5. The first-order valence-corrected chi connectivity index (χ1v) is 4.47. The summed E-state index contributed by atoms with van der Waals surface area (Å²) in [5.41, 5.74) is 5.53. The molecule has 0 fully saturated rings. The van der Waals surface area contributed by atoms with Gasteiger partial charge in [0.2, 0.25) is 0 Å². The maximum Gasteiger partial charge on any atom is 0.139 e. The SMILES string of the molecule is Cn1nc(-c2c(O)cc(F)cc2F)cc1N. The van der Waals surface area contributed by atoms with Crippen LogP contribution >= 0.6 is 0 Å². The fourth-order valence-corrected chi connectivity index (χ4v) is 1.42. The first-order valence-electron chi connectivity index (χ1n) is 4.47. The number of anilines is 1. The molecule has 1 heterocycles. The topological polar surface area (TPSA) is 64.1 Å². The van der Waals surface area contributed by atoms with E-state index in [1.165, 1.54) is 10.7 Å². The van der Waals surface area contributed by atoms with E-state index in [4.69, 9.17) is 5.73 Å². The van der Waals surface area contributed by atoms with E-state index >= 15 is 0 Å². The predicted octanol–water partition coefficient (Wildman–Crippen LogP) is 1.65. The van der Waals surface area contributed by atoms with Gasteiger partial charge in [-0.05, 0) is 0 Å². The summed E-state index contributed by atoms with van der Waals surface area (Å²) in [6, 6.07) is 2.90. The van der Waals surface area contributed by atoms with E-state index < -0.39 is 17.4 Å². The number of aryl methyl sites for hydroxylation is 1. The van der Waals surface area contributed by atoms with Crippen molar-refractivity contribution in [3.63, 3.8) is 0 Å². The molecule has 0 aliphatic carbocycles. The van der Waals surface area contributed by atoms with Gasteiger partial charge < -0.3 is 10.8 Å². The second-order valence-electron chi connectivity index (χ2n) is 3.36. The second-order valence-corrected chi connectivity index (χ2v) is 3.36. The van der Waals surface area contributed by atoms with E-state index in [0.29, 0.717) is 11.9 Å². The van der Waals surface area contributed by atoms with Crippen LogP contribution in [0.1, 0.15) is 0 Å². The molecule has 0 aliphatic heterocycles. The maximum absolute atomic E-state index is 13.4. The zero-order chi connectivity index (χ0) is 11.9. The molecule has 1 aromatic heterocycles. The van der Waals surface area contributed by atoms with Crippen molar-refractivity contribution in [1.82, 2.24) is 9.78 Å². The molecule has 2 rings (SSSR count). The maximum atomic E-state index is 13.4. The first kappa shape index (κ1) is 10.4. The number of phenolic OH excluding ortho intramolecular Hbond substituents is 1. The molecule has 6 heteroatoms. The number of hydrogen-bond donors (Lipinski definition) is 2. The fraction of sp³-hybridized carbons (Fsp3) is 0.100. The fourth-order valence-electron chi connectivity index (χ4n) is 1.42. The summed E-state index contributed by atoms with van der Waals surface area (Å²) >= 11 is 0. The Bertz CT molecular complexity index is 508. The average Bonchev–Trinajstić information content (AvgIpc) is 2.44. The Morgan fingerprint density at radius 1 is 1.31 bits per heavy atom. The van der Waals surface area contributed by atoms with Crippen LogP contribution in [0.2, 0.25) is 0 Å². The highest BCUT2D eigenvalue weighted by molar-refractivity contribution is 5.69. The van der Waals surface area contributed by atoms with Gasteiger partial charge in [0.15, 0.2) is 0 Å². The van der Waals surface area contributed by atoms with Crippen molar-refractivity contribution in [2.75, 3.05) is 5.73 Å². The van der Waals surface area contributed by atoms with Gasteiger partial charge in [0, 0.05) is 25.2 Å². The molecule has 2 aromatic rings. The third-order valence-corrected chi connectivity index (χ3v) is 2.21. The molecule has 0 saturated carbocycles. The van der Waals surface area contributed by atoms with Gasteiger partial charge in [-0.3, -0.25) is 4.68 Å². The Morgan fingerprint density at radius 2 is 2.00 bits per heavy atom. The van der Waals surface area contributed by atoms with Crippen LogP contribution in [0.25, 0.3) is 11.3 Å². The third kappa shape index (κ3) is 1.58. The molecule has 0 aliphatic rings. The quantitative estimate of drug-likeness (QED) is 0.775. The number of phenols is 1. The van der Waals surface area contributed by atoms with Gasteiger partial charge in [-0.15, -0.1) is 0 Å². The number of rotatable bonds is 1.